The van der Waals surface area contributed by atoms with Crippen LogP contribution in [0.5, 0.6) is 11.5 Å². The predicted octanol–water partition coefficient (Wildman–Crippen LogP) is 6.95. The molecule has 0 bridgehead atoms. The number of hydrogen-bond donors (Lipinski definition) is 3. The van der Waals surface area contributed by atoms with Crippen molar-refractivity contribution in [3.8, 4) is 33.8 Å². The van der Waals surface area contributed by atoms with Gasteiger partial charge in [-0.3, -0.25) is 4.99 Å². The first kappa shape index (κ1) is 23.8. The third-order valence-corrected chi connectivity index (χ3v) is 7.05. The Bertz CT molecular complexity index is 1320. The number of aliphatic imine (C=N–C) groups is 1. The largest absolute Gasteiger partial charge is 0.507 e. The van der Waals surface area contributed by atoms with Crippen LogP contribution in [0, 0.1) is 0 Å². The first-order chi connectivity index (χ1) is 17.7. The third-order valence-electron chi connectivity index (χ3n) is 7.05. The van der Waals surface area contributed by atoms with Gasteiger partial charge in [0.1, 0.15) is 11.5 Å². The van der Waals surface area contributed by atoms with Crippen molar-refractivity contribution in [3.63, 3.8) is 0 Å². The minimum atomic E-state index is 0.123. The number of phenolic OH excluding ortho intramolecular Hbond substituents is 2. The van der Waals surface area contributed by atoms with Gasteiger partial charge >= 0.3 is 0 Å². The van der Waals surface area contributed by atoms with Gasteiger partial charge in [-0.25, -0.2) is 0 Å². The van der Waals surface area contributed by atoms with Gasteiger partial charge in [0.05, 0.1) is 6.04 Å². The van der Waals surface area contributed by atoms with Crippen LogP contribution in [-0.4, -0.2) is 28.5 Å². The number of nitrogens with zero attached hydrogens (tertiary/aromatic N) is 1. The molecule has 4 aromatic carbocycles. The second-order valence-electron chi connectivity index (χ2n) is 9.41. The van der Waals surface area contributed by atoms with Crippen LogP contribution < -0.4 is 5.32 Å². The standard InChI is InChI=1S/C32H32N2O2/c35-31-25(15-9-17-27(31)23-11-3-1-4-12-23)21-33-29-19-7-8-20-30(29)34-22-26-16-10-18-28(32(26)36)24-13-5-2-6-14-24/h1-6,9-18,21,29-30,34-36H,7-8,19-20,22H2/b33-21+/t29-,30-/m1/s1. The average molecular weight is 477 g/mol. The summed E-state index contributed by atoms with van der Waals surface area (Å²) < 4.78 is 0. The summed E-state index contributed by atoms with van der Waals surface area (Å²) in [5.41, 5.74) is 5.27. The molecule has 1 aliphatic rings. The van der Waals surface area contributed by atoms with E-state index in [2.05, 4.69) is 5.32 Å². The van der Waals surface area contributed by atoms with Gasteiger partial charge in [0.2, 0.25) is 0 Å². The normalized spacial score (nSPS) is 17.9. The maximum absolute atomic E-state index is 10.9. The molecule has 1 fully saturated rings. The zero-order valence-electron chi connectivity index (χ0n) is 20.3. The van der Waals surface area contributed by atoms with Crippen LogP contribution in [0.25, 0.3) is 22.3 Å². The van der Waals surface area contributed by atoms with Gasteiger partial charge in [-0.2, -0.15) is 0 Å². The zero-order valence-corrected chi connectivity index (χ0v) is 20.3. The Morgan fingerprint density at radius 1 is 0.694 bits per heavy atom. The van der Waals surface area contributed by atoms with Gasteiger partial charge in [-0.05, 0) is 30.0 Å². The molecule has 3 N–H and O–H groups in total. The van der Waals surface area contributed by atoms with E-state index in [1.54, 1.807) is 0 Å². The molecule has 0 aromatic heterocycles. The molecule has 0 unspecified atom stereocenters. The Morgan fingerprint density at radius 3 is 2.00 bits per heavy atom. The molecule has 2 atom stereocenters. The van der Waals surface area contributed by atoms with Crippen molar-refractivity contribution in [2.24, 2.45) is 4.99 Å². The van der Waals surface area contributed by atoms with E-state index in [-0.39, 0.29) is 17.8 Å². The summed E-state index contributed by atoms with van der Waals surface area (Å²) >= 11 is 0. The summed E-state index contributed by atoms with van der Waals surface area (Å²) in [6.45, 7) is 0.581. The van der Waals surface area contributed by atoms with Crippen LogP contribution in [-0.2, 0) is 6.54 Å². The fourth-order valence-corrected chi connectivity index (χ4v) is 5.05. The van der Waals surface area contributed by atoms with Gasteiger partial charge in [-0.1, -0.05) is 104 Å². The maximum atomic E-state index is 10.9. The Hall–Kier alpha value is -3.89. The smallest absolute Gasteiger partial charge is 0.132 e. The topological polar surface area (TPSA) is 64.9 Å². The number of nitrogens with one attached hydrogen (secondary N) is 1. The summed E-state index contributed by atoms with van der Waals surface area (Å²) in [6.07, 6.45) is 6.17. The van der Waals surface area contributed by atoms with E-state index in [9.17, 15) is 10.2 Å². The van der Waals surface area contributed by atoms with E-state index in [1.165, 1.54) is 0 Å². The molecule has 0 heterocycles. The SMILES string of the molecule is Oc1c(/C=N/[C@@H]2CCCC[C@H]2NCc2cccc(-c3ccccc3)c2O)cccc1-c1ccccc1. The van der Waals surface area contributed by atoms with Crippen LogP contribution in [0.2, 0.25) is 0 Å². The fourth-order valence-electron chi connectivity index (χ4n) is 5.05. The Kier molecular flexibility index (Phi) is 7.44. The summed E-state index contributed by atoms with van der Waals surface area (Å²) in [4.78, 5) is 4.92. The molecule has 0 saturated heterocycles. The predicted molar refractivity (Wildman–Crippen MR) is 148 cm³/mol. The molecule has 0 amide bonds. The van der Waals surface area contributed by atoms with E-state index < -0.39 is 0 Å². The molecule has 4 aromatic rings. The molecule has 182 valence electrons. The highest BCUT2D eigenvalue weighted by Gasteiger charge is 2.24. The van der Waals surface area contributed by atoms with Crippen molar-refractivity contribution >= 4 is 6.21 Å². The number of para-hydroxylation sites is 2. The Morgan fingerprint density at radius 2 is 1.31 bits per heavy atom. The lowest BCUT2D eigenvalue weighted by molar-refractivity contribution is 0.327. The third kappa shape index (κ3) is 5.34. The zero-order chi connectivity index (χ0) is 24.7. The molecule has 36 heavy (non-hydrogen) atoms. The van der Waals surface area contributed by atoms with Crippen molar-refractivity contribution in [1.29, 1.82) is 0 Å². The van der Waals surface area contributed by atoms with Gasteiger partial charge in [0.25, 0.3) is 0 Å². The first-order valence-corrected chi connectivity index (χ1v) is 12.7. The minimum absolute atomic E-state index is 0.123. The van der Waals surface area contributed by atoms with Crippen LogP contribution in [0.15, 0.2) is 102 Å². The quantitative estimate of drug-likeness (QED) is 0.253. The number of hydrogen-bond acceptors (Lipinski definition) is 4. The highest BCUT2D eigenvalue weighted by atomic mass is 16.3. The summed E-state index contributed by atoms with van der Waals surface area (Å²) in [5.74, 6) is 0.588. The van der Waals surface area contributed by atoms with Gasteiger partial charge < -0.3 is 15.5 Å². The Balaban J connectivity index is 1.30. The number of rotatable bonds is 7. The molecule has 1 saturated carbocycles. The molecular formula is C32H32N2O2. The molecule has 1 aliphatic carbocycles. The molecule has 0 aliphatic heterocycles. The van der Waals surface area contributed by atoms with Gasteiger partial charge in [0.15, 0.2) is 0 Å². The average Bonchev–Trinajstić information content (AvgIpc) is 2.93. The van der Waals surface area contributed by atoms with E-state index in [0.717, 1.165) is 59.1 Å². The van der Waals surface area contributed by atoms with Crippen molar-refractivity contribution in [3.05, 3.63) is 108 Å². The second kappa shape index (κ2) is 11.2. The van der Waals surface area contributed by atoms with Crippen molar-refractivity contribution < 1.29 is 10.2 Å². The van der Waals surface area contributed by atoms with E-state index in [0.29, 0.717) is 12.3 Å². The molecule has 4 nitrogen and oxygen atoms in total. The number of aromatic hydroxyl groups is 2. The lowest BCUT2D eigenvalue weighted by atomic mass is 9.90. The highest BCUT2D eigenvalue weighted by molar-refractivity contribution is 5.88. The van der Waals surface area contributed by atoms with Crippen LogP contribution in [0.4, 0.5) is 0 Å². The van der Waals surface area contributed by atoms with Crippen LogP contribution >= 0.6 is 0 Å². The van der Waals surface area contributed by atoms with Crippen LogP contribution in [0.1, 0.15) is 36.8 Å². The van der Waals surface area contributed by atoms with E-state index in [4.69, 9.17) is 4.99 Å². The summed E-state index contributed by atoms with van der Waals surface area (Å²) in [6, 6.07) is 32.0. The fraction of sp³-hybridized carbons (Fsp3) is 0.219. The van der Waals surface area contributed by atoms with Crippen molar-refractivity contribution in [2.45, 2.75) is 44.3 Å². The minimum Gasteiger partial charge on any atom is -0.507 e. The van der Waals surface area contributed by atoms with Gasteiger partial charge in [-0.15, -0.1) is 0 Å². The van der Waals surface area contributed by atoms with E-state index >= 15 is 0 Å². The lowest BCUT2D eigenvalue weighted by Gasteiger charge is -2.30. The first-order valence-electron chi connectivity index (χ1n) is 12.7. The number of benzene rings is 4. The molecule has 5 rings (SSSR count). The molecule has 0 spiro atoms. The molecular weight excluding hydrogens is 444 g/mol. The summed E-state index contributed by atoms with van der Waals surface area (Å²) in [7, 11) is 0. The second-order valence-corrected chi connectivity index (χ2v) is 9.41. The molecule has 0 radical (unpaired) electrons. The lowest BCUT2D eigenvalue weighted by Crippen LogP contribution is -2.40. The number of phenols is 2. The van der Waals surface area contributed by atoms with Gasteiger partial charge in [0, 0.05) is 41.1 Å². The Labute approximate surface area is 213 Å². The monoisotopic (exact) mass is 476 g/mol. The maximum Gasteiger partial charge on any atom is 0.132 e. The van der Waals surface area contributed by atoms with E-state index in [1.807, 2.05) is 103 Å². The highest BCUT2D eigenvalue weighted by Crippen LogP contribution is 2.33. The molecule has 4 heteroatoms. The van der Waals surface area contributed by atoms with Crippen molar-refractivity contribution in [2.75, 3.05) is 0 Å². The summed E-state index contributed by atoms with van der Waals surface area (Å²) in [5, 5.41) is 25.5. The van der Waals surface area contributed by atoms with Crippen molar-refractivity contribution in [1.82, 2.24) is 5.32 Å². The van der Waals surface area contributed by atoms with Crippen LogP contribution in [0.3, 0.4) is 0 Å².